The summed E-state index contributed by atoms with van der Waals surface area (Å²) in [7, 11) is 1.22. The van der Waals surface area contributed by atoms with Crippen LogP contribution in [0.2, 0.25) is 10.0 Å². The van der Waals surface area contributed by atoms with E-state index in [-0.39, 0.29) is 6.42 Å². The monoisotopic (exact) mass is 386 g/mol. The van der Waals surface area contributed by atoms with Crippen molar-refractivity contribution in [2.24, 2.45) is 5.92 Å². The van der Waals surface area contributed by atoms with Gasteiger partial charge in [-0.15, -0.1) is 0 Å². The highest BCUT2D eigenvalue weighted by atomic mass is 35.5. The average molecular weight is 387 g/mol. The van der Waals surface area contributed by atoms with Crippen molar-refractivity contribution in [3.63, 3.8) is 0 Å². The van der Waals surface area contributed by atoms with Gasteiger partial charge in [-0.25, -0.2) is 0 Å². The molecule has 0 aromatic heterocycles. The number of amides is 2. The average Bonchev–Trinajstić information content (AvgIpc) is 2.95. The van der Waals surface area contributed by atoms with Gasteiger partial charge in [-0.1, -0.05) is 35.4 Å². The molecule has 3 atom stereocenters. The molecule has 1 aromatic rings. The first-order valence-corrected chi connectivity index (χ1v) is 8.07. The number of carbonyl (C=O) groups is 3. The van der Waals surface area contributed by atoms with Gasteiger partial charge < -0.3 is 20.5 Å². The highest BCUT2D eigenvalue weighted by molar-refractivity contribution is 6.35. The lowest BCUT2D eigenvalue weighted by atomic mass is 10.1. The number of carboxylic acids is 1. The first-order chi connectivity index (χ1) is 11.8. The third-order valence-corrected chi connectivity index (χ3v) is 4.01. The fourth-order valence-corrected chi connectivity index (χ4v) is 2.94. The van der Waals surface area contributed by atoms with Crippen molar-refractivity contribution in [1.82, 2.24) is 5.32 Å². The maximum Gasteiger partial charge on any atom is 0.310 e. The van der Waals surface area contributed by atoms with E-state index in [9.17, 15) is 14.4 Å². The molecule has 3 N–H and O–H groups in total. The van der Waals surface area contributed by atoms with Crippen LogP contribution in [0, 0.1) is 5.92 Å². The molecule has 0 spiro atoms. The molecule has 1 aromatic carbocycles. The van der Waals surface area contributed by atoms with Crippen LogP contribution in [0.15, 0.2) is 30.4 Å². The number of hydrogen-bond donors (Lipinski definition) is 3. The van der Waals surface area contributed by atoms with E-state index in [1.165, 1.54) is 31.4 Å². The molecule has 1 aliphatic carbocycles. The molecule has 0 aliphatic heterocycles. The molecule has 0 heterocycles. The minimum absolute atomic E-state index is 0.225. The number of anilines is 1. The number of methoxy groups -OCH3 is 1. The van der Waals surface area contributed by atoms with Crippen LogP contribution >= 0.6 is 23.2 Å². The second-order valence-corrected chi connectivity index (χ2v) is 6.32. The molecular formula is C16H16Cl2N2O5. The first kappa shape index (κ1) is 19.2. The SMILES string of the molecule is COC(C(=O)Nc1cc(Cl)cc(Cl)c1)C(=O)N[C@H]1C=C[C@@H](C(=O)O)C1. The number of ether oxygens (including phenoxy) is 1. The van der Waals surface area contributed by atoms with Gasteiger partial charge in [0.2, 0.25) is 6.10 Å². The Bertz CT molecular complexity index is 702. The highest BCUT2D eigenvalue weighted by Gasteiger charge is 2.31. The topological polar surface area (TPSA) is 105 Å². The number of aliphatic carboxylic acids is 1. The summed E-state index contributed by atoms with van der Waals surface area (Å²) in [4.78, 5) is 35.4. The summed E-state index contributed by atoms with van der Waals surface area (Å²) >= 11 is 11.7. The van der Waals surface area contributed by atoms with Crippen molar-refractivity contribution >= 4 is 46.7 Å². The van der Waals surface area contributed by atoms with Gasteiger partial charge in [0.25, 0.3) is 11.8 Å². The van der Waals surface area contributed by atoms with Gasteiger partial charge in [-0.2, -0.15) is 0 Å². The molecule has 7 nitrogen and oxygen atoms in total. The van der Waals surface area contributed by atoms with E-state index in [0.717, 1.165) is 0 Å². The van der Waals surface area contributed by atoms with Crippen LogP contribution in [0.1, 0.15) is 6.42 Å². The zero-order valence-electron chi connectivity index (χ0n) is 13.2. The van der Waals surface area contributed by atoms with Crippen molar-refractivity contribution in [2.75, 3.05) is 12.4 Å². The highest BCUT2D eigenvalue weighted by Crippen LogP contribution is 2.23. The largest absolute Gasteiger partial charge is 0.481 e. The lowest BCUT2D eigenvalue weighted by Crippen LogP contribution is -2.47. The summed E-state index contributed by atoms with van der Waals surface area (Å²) in [5, 5.41) is 14.7. The second-order valence-electron chi connectivity index (χ2n) is 5.44. The molecule has 2 rings (SSSR count). The van der Waals surface area contributed by atoms with Gasteiger partial charge in [0, 0.05) is 28.9 Å². The molecule has 0 saturated heterocycles. The zero-order valence-corrected chi connectivity index (χ0v) is 14.7. The van der Waals surface area contributed by atoms with Gasteiger partial charge >= 0.3 is 5.97 Å². The number of rotatable bonds is 6. The van der Waals surface area contributed by atoms with Crippen LogP contribution in [0.25, 0.3) is 0 Å². The van der Waals surface area contributed by atoms with E-state index in [1.54, 1.807) is 6.08 Å². The van der Waals surface area contributed by atoms with E-state index >= 15 is 0 Å². The van der Waals surface area contributed by atoms with Crippen molar-refractivity contribution in [1.29, 1.82) is 0 Å². The number of benzene rings is 1. The smallest absolute Gasteiger partial charge is 0.310 e. The van der Waals surface area contributed by atoms with Crippen molar-refractivity contribution in [3.8, 4) is 0 Å². The van der Waals surface area contributed by atoms with Gasteiger partial charge in [0.05, 0.1) is 5.92 Å². The van der Waals surface area contributed by atoms with Gasteiger partial charge in [-0.3, -0.25) is 14.4 Å². The summed E-state index contributed by atoms with van der Waals surface area (Å²) in [5.74, 6) is -3.00. The van der Waals surface area contributed by atoms with Gasteiger partial charge in [0.15, 0.2) is 0 Å². The third-order valence-electron chi connectivity index (χ3n) is 3.57. The lowest BCUT2D eigenvalue weighted by molar-refractivity contribution is -0.142. The van der Waals surface area contributed by atoms with E-state index in [1.807, 2.05) is 0 Å². The first-order valence-electron chi connectivity index (χ1n) is 7.31. The van der Waals surface area contributed by atoms with Crippen molar-refractivity contribution in [2.45, 2.75) is 18.6 Å². The molecule has 0 radical (unpaired) electrons. The molecule has 2 amide bonds. The zero-order chi connectivity index (χ0) is 18.6. The summed E-state index contributed by atoms with van der Waals surface area (Å²) in [5.41, 5.74) is 0.323. The fraction of sp³-hybridized carbons (Fsp3) is 0.312. The molecule has 0 bridgehead atoms. The van der Waals surface area contributed by atoms with Crippen LogP contribution in [0.4, 0.5) is 5.69 Å². The minimum Gasteiger partial charge on any atom is -0.481 e. The van der Waals surface area contributed by atoms with E-state index in [2.05, 4.69) is 10.6 Å². The number of hydrogen-bond acceptors (Lipinski definition) is 4. The Morgan fingerprint density at radius 1 is 1.16 bits per heavy atom. The van der Waals surface area contributed by atoms with Crippen LogP contribution in [-0.2, 0) is 19.1 Å². The molecule has 0 saturated carbocycles. The normalized spacial score (nSPS) is 20.1. The predicted octanol–water partition coefficient (Wildman–Crippen LogP) is 2.09. The van der Waals surface area contributed by atoms with Gasteiger partial charge in [-0.05, 0) is 24.6 Å². The molecule has 1 aliphatic rings. The Labute approximate surface area is 153 Å². The summed E-state index contributed by atoms with van der Waals surface area (Å²) < 4.78 is 4.96. The van der Waals surface area contributed by atoms with E-state index in [0.29, 0.717) is 15.7 Å². The maximum atomic E-state index is 12.3. The maximum absolute atomic E-state index is 12.3. The predicted molar refractivity (Wildman–Crippen MR) is 92.7 cm³/mol. The number of carboxylic acid groups (broad SMARTS) is 1. The van der Waals surface area contributed by atoms with Crippen molar-refractivity contribution < 1.29 is 24.2 Å². The second kappa shape index (κ2) is 8.33. The summed E-state index contributed by atoms with van der Waals surface area (Å²) in [6.07, 6.45) is 1.90. The Hall–Kier alpha value is -2.09. The van der Waals surface area contributed by atoms with Crippen LogP contribution in [0.3, 0.4) is 0 Å². The molecule has 9 heteroatoms. The van der Waals surface area contributed by atoms with Gasteiger partial charge in [0.1, 0.15) is 0 Å². The molecule has 25 heavy (non-hydrogen) atoms. The molecular weight excluding hydrogens is 371 g/mol. The Morgan fingerprint density at radius 3 is 2.32 bits per heavy atom. The van der Waals surface area contributed by atoms with Crippen LogP contribution in [0.5, 0.6) is 0 Å². The molecule has 1 unspecified atom stereocenters. The van der Waals surface area contributed by atoms with E-state index < -0.39 is 35.8 Å². The Balaban J connectivity index is 1.98. The number of nitrogens with one attached hydrogen (secondary N) is 2. The fourth-order valence-electron chi connectivity index (χ4n) is 2.41. The summed E-state index contributed by atoms with van der Waals surface area (Å²) in [6, 6.07) is 3.99. The summed E-state index contributed by atoms with van der Waals surface area (Å²) in [6.45, 7) is 0. The third kappa shape index (κ3) is 5.19. The lowest BCUT2D eigenvalue weighted by Gasteiger charge is -2.18. The number of carbonyl (C=O) groups excluding carboxylic acids is 2. The Morgan fingerprint density at radius 2 is 1.80 bits per heavy atom. The van der Waals surface area contributed by atoms with E-state index in [4.69, 9.17) is 33.0 Å². The van der Waals surface area contributed by atoms with Crippen molar-refractivity contribution in [3.05, 3.63) is 40.4 Å². The Kier molecular flexibility index (Phi) is 6.41. The standard InChI is InChI=1S/C16H16Cl2N2O5/c1-25-13(14(21)19-11-3-2-8(4-11)16(23)24)15(22)20-12-6-9(17)5-10(18)7-12/h2-3,5-8,11,13H,4H2,1H3,(H,19,21)(H,20,22)(H,23,24)/t8-,11+,13?/m1/s1. The minimum atomic E-state index is -1.41. The quantitative estimate of drug-likeness (QED) is 0.512. The number of halogens is 2. The molecule has 134 valence electrons. The molecule has 0 fully saturated rings. The van der Waals surface area contributed by atoms with Crippen LogP contribution < -0.4 is 10.6 Å². The van der Waals surface area contributed by atoms with Crippen LogP contribution in [-0.4, -0.2) is 42.1 Å².